The highest BCUT2D eigenvalue weighted by atomic mass is 127. The van der Waals surface area contributed by atoms with Crippen molar-refractivity contribution in [3.05, 3.63) is 65.9 Å². The van der Waals surface area contributed by atoms with E-state index in [1.54, 1.807) is 14.2 Å². The number of aliphatic imine (C=N–C) groups is 1. The van der Waals surface area contributed by atoms with Crippen molar-refractivity contribution >= 4 is 40.8 Å². The molecule has 0 amide bonds. The Morgan fingerprint density at radius 3 is 2.54 bits per heavy atom. The van der Waals surface area contributed by atoms with E-state index in [-0.39, 0.29) is 24.0 Å². The summed E-state index contributed by atoms with van der Waals surface area (Å²) in [7, 11) is 3.49. The molecule has 0 aliphatic rings. The third-order valence-electron chi connectivity index (χ3n) is 4.81. The van der Waals surface area contributed by atoms with Gasteiger partial charge < -0.3 is 20.4 Å². The predicted octanol–water partition coefficient (Wildman–Crippen LogP) is 4.65. The zero-order chi connectivity index (χ0) is 19.1. The van der Waals surface area contributed by atoms with E-state index in [2.05, 4.69) is 63.9 Å². The normalized spacial score (nSPS) is 12.3. The molecule has 6 heteroatoms. The van der Waals surface area contributed by atoms with Crippen molar-refractivity contribution in [1.82, 2.24) is 15.6 Å². The van der Waals surface area contributed by atoms with Crippen LogP contribution in [0.4, 0.5) is 0 Å². The van der Waals surface area contributed by atoms with Gasteiger partial charge in [0.15, 0.2) is 5.96 Å². The van der Waals surface area contributed by atoms with E-state index in [4.69, 9.17) is 4.74 Å². The molecule has 3 N–H and O–H groups in total. The first kappa shape index (κ1) is 22.1. The second-order valence-corrected chi connectivity index (χ2v) is 6.70. The number of aromatic amines is 1. The number of halogens is 1. The zero-order valence-corrected chi connectivity index (χ0v) is 19.0. The van der Waals surface area contributed by atoms with E-state index in [0.29, 0.717) is 12.5 Å². The lowest BCUT2D eigenvalue weighted by atomic mass is 9.98. The minimum absolute atomic E-state index is 0. The Hall–Kier alpha value is -2.22. The summed E-state index contributed by atoms with van der Waals surface area (Å²) in [5.74, 6) is 2.18. The number of methoxy groups -OCH3 is 1. The third-order valence-corrected chi connectivity index (χ3v) is 4.81. The number of para-hydroxylation sites is 1. The van der Waals surface area contributed by atoms with Crippen LogP contribution in [0.5, 0.6) is 5.75 Å². The minimum Gasteiger partial charge on any atom is -0.497 e. The highest BCUT2D eigenvalue weighted by Gasteiger charge is 2.07. The van der Waals surface area contributed by atoms with E-state index in [9.17, 15) is 0 Å². The van der Waals surface area contributed by atoms with Crippen LogP contribution in [-0.4, -0.2) is 31.6 Å². The lowest BCUT2D eigenvalue weighted by molar-refractivity contribution is 0.414. The minimum atomic E-state index is 0. The molecule has 1 aromatic heterocycles. The Labute approximate surface area is 184 Å². The predicted molar refractivity (Wildman–Crippen MR) is 128 cm³/mol. The fraction of sp³-hybridized carbons (Fsp3) is 0.318. The van der Waals surface area contributed by atoms with Crippen molar-refractivity contribution in [2.45, 2.75) is 25.8 Å². The topological polar surface area (TPSA) is 61.4 Å². The van der Waals surface area contributed by atoms with E-state index in [0.717, 1.165) is 35.9 Å². The van der Waals surface area contributed by atoms with Gasteiger partial charge in [0.05, 0.1) is 13.7 Å². The van der Waals surface area contributed by atoms with Gasteiger partial charge in [0.2, 0.25) is 0 Å². The Balaban J connectivity index is 0.00000280. The van der Waals surface area contributed by atoms with Gasteiger partial charge in [-0.1, -0.05) is 37.3 Å². The summed E-state index contributed by atoms with van der Waals surface area (Å²) in [5.41, 5.74) is 3.62. The first-order valence-corrected chi connectivity index (χ1v) is 9.34. The van der Waals surface area contributed by atoms with E-state index >= 15 is 0 Å². The molecule has 1 unspecified atom stereocenters. The number of aromatic nitrogens is 1. The number of ether oxygens (including phenoxy) is 1. The quantitative estimate of drug-likeness (QED) is 0.256. The Morgan fingerprint density at radius 1 is 1.11 bits per heavy atom. The second-order valence-electron chi connectivity index (χ2n) is 6.70. The zero-order valence-electron chi connectivity index (χ0n) is 16.7. The number of hydrogen-bond donors (Lipinski definition) is 3. The number of H-pyrrole nitrogens is 1. The molecule has 3 aromatic rings. The Morgan fingerprint density at radius 2 is 1.86 bits per heavy atom. The number of benzene rings is 2. The van der Waals surface area contributed by atoms with Gasteiger partial charge >= 0.3 is 0 Å². The molecule has 0 saturated heterocycles. The highest BCUT2D eigenvalue weighted by Crippen LogP contribution is 2.21. The number of nitrogens with one attached hydrogen (secondary N) is 3. The molecule has 0 aliphatic carbocycles. The van der Waals surface area contributed by atoms with Crippen molar-refractivity contribution in [3.8, 4) is 5.75 Å². The van der Waals surface area contributed by atoms with Crippen molar-refractivity contribution in [2.75, 3.05) is 20.7 Å². The summed E-state index contributed by atoms with van der Waals surface area (Å²) < 4.78 is 5.22. The van der Waals surface area contributed by atoms with E-state index < -0.39 is 0 Å². The van der Waals surface area contributed by atoms with Gasteiger partial charge in [0.25, 0.3) is 0 Å². The molecule has 0 saturated carbocycles. The number of fused-ring (bicyclic) bond motifs is 1. The van der Waals surface area contributed by atoms with Crippen LogP contribution in [0.3, 0.4) is 0 Å². The van der Waals surface area contributed by atoms with Gasteiger partial charge in [-0.2, -0.15) is 0 Å². The maximum Gasteiger partial charge on any atom is 0.191 e. The molecule has 1 atom stereocenters. The fourth-order valence-electron chi connectivity index (χ4n) is 3.13. The van der Waals surface area contributed by atoms with Crippen LogP contribution in [0, 0.1) is 0 Å². The molecule has 3 rings (SSSR count). The summed E-state index contributed by atoms with van der Waals surface area (Å²) in [5, 5.41) is 7.99. The van der Waals surface area contributed by atoms with Crippen LogP contribution in [0.15, 0.2) is 59.6 Å². The van der Waals surface area contributed by atoms with Crippen LogP contribution in [0.1, 0.15) is 30.5 Å². The molecule has 0 fully saturated rings. The molecule has 0 spiro atoms. The highest BCUT2D eigenvalue weighted by molar-refractivity contribution is 14.0. The summed E-state index contributed by atoms with van der Waals surface area (Å²) >= 11 is 0. The number of nitrogens with zero attached hydrogens (tertiary/aromatic N) is 1. The van der Waals surface area contributed by atoms with Gasteiger partial charge in [-0.05, 0) is 47.6 Å². The molecule has 1 heterocycles. The number of rotatable bonds is 7. The van der Waals surface area contributed by atoms with Crippen LogP contribution >= 0.6 is 24.0 Å². The van der Waals surface area contributed by atoms with Crippen LogP contribution in [-0.2, 0) is 6.54 Å². The van der Waals surface area contributed by atoms with Crippen LogP contribution < -0.4 is 15.4 Å². The average Bonchev–Trinajstić information content (AvgIpc) is 3.13. The molecule has 150 valence electrons. The maximum atomic E-state index is 5.22. The first-order valence-electron chi connectivity index (χ1n) is 9.34. The lowest BCUT2D eigenvalue weighted by Gasteiger charge is -2.15. The van der Waals surface area contributed by atoms with Crippen molar-refractivity contribution < 1.29 is 4.74 Å². The van der Waals surface area contributed by atoms with Crippen molar-refractivity contribution in [2.24, 2.45) is 4.99 Å². The summed E-state index contributed by atoms with van der Waals surface area (Å²) in [6.07, 6.45) is 1.03. The largest absolute Gasteiger partial charge is 0.497 e. The SMILES string of the molecule is CN=C(NCCC(C)c1ccc(OC)cc1)NCc1cc2ccccc2[nH]1.I. The van der Waals surface area contributed by atoms with Gasteiger partial charge in [-0.3, -0.25) is 4.99 Å². The smallest absolute Gasteiger partial charge is 0.191 e. The molecule has 0 bridgehead atoms. The molecule has 5 nitrogen and oxygen atoms in total. The van der Waals surface area contributed by atoms with E-state index in [1.807, 2.05) is 18.2 Å². The van der Waals surface area contributed by atoms with Crippen molar-refractivity contribution in [3.63, 3.8) is 0 Å². The monoisotopic (exact) mass is 492 g/mol. The second kappa shape index (κ2) is 10.9. The first-order chi connectivity index (χ1) is 13.2. The molecule has 2 aromatic carbocycles. The standard InChI is InChI=1S/C22H28N4O.HI/c1-16(17-8-10-20(27-3)11-9-17)12-13-24-22(23-2)25-15-19-14-18-6-4-5-7-21(18)26-19;/h4-11,14,16,26H,12-13,15H2,1-3H3,(H2,23,24,25);1H. The average molecular weight is 492 g/mol. The molecule has 0 radical (unpaired) electrons. The summed E-state index contributed by atoms with van der Waals surface area (Å²) in [6, 6.07) is 18.8. The summed E-state index contributed by atoms with van der Waals surface area (Å²) in [4.78, 5) is 7.74. The van der Waals surface area contributed by atoms with Crippen LogP contribution in [0.2, 0.25) is 0 Å². The lowest BCUT2D eigenvalue weighted by Crippen LogP contribution is -2.37. The number of hydrogen-bond acceptors (Lipinski definition) is 2. The molecule has 28 heavy (non-hydrogen) atoms. The van der Waals surface area contributed by atoms with Gasteiger partial charge in [-0.15, -0.1) is 24.0 Å². The molecular weight excluding hydrogens is 463 g/mol. The maximum absolute atomic E-state index is 5.22. The summed E-state index contributed by atoms with van der Waals surface area (Å²) in [6.45, 7) is 3.81. The van der Waals surface area contributed by atoms with Crippen LogP contribution in [0.25, 0.3) is 10.9 Å². The van der Waals surface area contributed by atoms with E-state index in [1.165, 1.54) is 10.9 Å². The fourth-order valence-corrected chi connectivity index (χ4v) is 3.13. The third kappa shape index (κ3) is 5.89. The van der Waals surface area contributed by atoms with Crippen molar-refractivity contribution in [1.29, 1.82) is 0 Å². The Bertz CT molecular complexity index is 856. The molecule has 0 aliphatic heterocycles. The van der Waals surface area contributed by atoms with Gasteiger partial charge in [0, 0.05) is 24.8 Å². The van der Waals surface area contributed by atoms with Gasteiger partial charge in [-0.25, -0.2) is 0 Å². The number of guanidine groups is 1. The molecular formula is C22H29IN4O. The Kier molecular flexibility index (Phi) is 8.63. The van der Waals surface area contributed by atoms with Gasteiger partial charge in [0.1, 0.15) is 5.75 Å².